The molecule has 0 radical (unpaired) electrons. The minimum Gasteiger partial charge on any atom is -0.393 e. The van der Waals surface area contributed by atoms with Gasteiger partial charge in [-0.05, 0) is 50.8 Å². The van der Waals surface area contributed by atoms with Crippen LogP contribution in [0, 0.1) is 11.7 Å². The summed E-state index contributed by atoms with van der Waals surface area (Å²) in [6.07, 6.45) is 4.00. The van der Waals surface area contributed by atoms with Crippen molar-refractivity contribution in [2.45, 2.75) is 38.3 Å². The van der Waals surface area contributed by atoms with Crippen LogP contribution in [0.1, 0.15) is 37.9 Å². The number of hydrogen-bond acceptors (Lipinski definition) is 3. The first-order chi connectivity index (χ1) is 8.15. The summed E-state index contributed by atoms with van der Waals surface area (Å²) in [6.45, 7) is 2.91. The smallest absolute Gasteiger partial charge is 0.141 e. The van der Waals surface area contributed by atoms with Crippen LogP contribution in [0.15, 0.2) is 18.3 Å². The molecule has 3 nitrogen and oxygen atoms in total. The summed E-state index contributed by atoms with van der Waals surface area (Å²) in [5.74, 6) is 0.243. The molecule has 4 heteroatoms. The van der Waals surface area contributed by atoms with Crippen LogP contribution in [0.5, 0.6) is 0 Å². The van der Waals surface area contributed by atoms with Crippen LogP contribution in [-0.4, -0.2) is 22.7 Å². The van der Waals surface area contributed by atoms with E-state index >= 15 is 0 Å². The van der Waals surface area contributed by atoms with Crippen LogP contribution in [0.2, 0.25) is 0 Å². The van der Waals surface area contributed by atoms with E-state index in [-0.39, 0.29) is 18.0 Å². The van der Waals surface area contributed by atoms with E-state index < -0.39 is 0 Å². The highest BCUT2D eigenvalue weighted by molar-refractivity contribution is 5.08. The fourth-order valence-corrected chi connectivity index (χ4v) is 2.33. The van der Waals surface area contributed by atoms with Crippen molar-refractivity contribution in [3.63, 3.8) is 0 Å². The summed E-state index contributed by atoms with van der Waals surface area (Å²) in [5, 5.41) is 12.8. The lowest BCUT2D eigenvalue weighted by molar-refractivity contribution is 0.177. The maximum atomic E-state index is 12.7. The normalized spacial score (nSPS) is 26.1. The van der Waals surface area contributed by atoms with Crippen molar-refractivity contribution in [1.82, 2.24) is 10.3 Å². The number of halogens is 1. The average molecular weight is 238 g/mol. The predicted molar refractivity (Wildman–Crippen MR) is 64.0 cm³/mol. The lowest BCUT2D eigenvalue weighted by Crippen LogP contribution is -2.25. The van der Waals surface area contributed by atoms with Gasteiger partial charge in [0, 0.05) is 6.04 Å². The molecule has 2 N–H and O–H groups in total. The van der Waals surface area contributed by atoms with Gasteiger partial charge in [0.2, 0.25) is 0 Å². The van der Waals surface area contributed by atoms with Crippen molar-refractivity contribution in [3.8, 4) is 0 Å². The van der Waals surface area contributed by atoms with E-state index in [0.717, 1.165) is 31.5 Å². The van der Waals surface area contributed by atoms with Gasteiger partial charge >= 0.3 is 0 Å². The van der Waals surface area contributed by atoms with Crippen molar-refractivity contribution < 1.29 is 9.50 Å². The predicted octanol–water partition coefficient (Wildman–Crippen LogP) is 2.03. The highest BCUT2D eigenvalue weighted by Gasteiger charge is 2.22. The number of aliphatic hydroxyl groups excluding tert-OH is 1. The van der Waals surface area contributed by atoms with E-state index in [1.54, 1.807) is 6.07 Å². The van der Waals surface area contributed by atoms with Gasteiger partial charge < -0.3 is 10.4 Å². The second-order valence-corrected chi connectivity index (χ2v) is 4.86. The Hall–Kier alpha value is -1.00. The standard InChI is InChI=1S/C13H19FN2O/c1-9(13-5-3-11(14)8-16-13)15-7-10-2-4-12(17)6-10/h3,5,8-10,12,15,17H,2,4,6-7H2,1H3. The first-order valence-corrected chi connectivity index (χ1v) is 6.18. The van der Waals surface area contributed by atoms with Crippen LogP contribution in [0.25, 0.3) is 0 Å². The topological polar surface area (TPSA) is 45.1 Å². The number of nitrogens with zero attached hydrogens (tertiary/aromatic N) is 1. The molecule has 17 heavy (non-hydrogen) atoms. The number of rotatable bonds is 4. The molecular formula is C13H19FN2O. The summed E-state index contributed by atoms with van der Waals surface area (Å²) >= 11 is 0. The fraction of sp³-hybridized carbons (Fsp3) is 0.615. The quantitative estimate of drug-likeness (QED) is 0.843. The van der Waals surface area contributed by atoms with Gasteiger partial charge in [-0.15, -0.1) is 0 Å². The average Bonchev–Trinajstić information content (AvgIpc) is 2.73. The lowest BCUT2D eigenvalue weighted by atomic mass is 10.1. The van der Waals surface area contributed by atoms with Gasteiger partial charge in [-0.1, -0.05) is 0 Å². The van der Waals surface area contributed by atoms with Gasteiger partial charge in [-0.2, -0.15) is 0 Å². The van der Waals surface area contributed by atoms with Crippen molar-refractivity contribution in [3.05, 3.63) is 29.8 Å². The molecule has 0 bridgehead atoms. The molecule has 0 spiro atoms. The SMILES string of the molecule is CC(NCC1CCC(O)C1)c1ccc(F)cn1. The molecule has 0 aromatic carbocycles. The molecule has 1 fully saturated rings. The summed E-state index contributed by atoms with van der Waals surface area (Å²) in [5.41, 5.74) is 0.852. The van der Waals surface area contributed by atoms with Gasteiger partial charge in [0.1, 0.15) is 5.82 Å². The Morgan fingerprint density at radius 1 is 1.53 bits per heavy atom. The molecule has 1 aromatic heterocycles. The van der Waals surface area contributed by atoms with Crippen molar-refractivity contribution in [2.75, 3.05) is 6.54 Å². The van der Waals surface area contributed by atoms with E-state index in [4.69, 9.17) is 0 Å². The Balaban J connectivity index is 1.81. The molecule has 0 amide bonds. The molecule has 1 aliphatic carbocycles. The minimum absolute atomic E-state index is 0.119. The van der Waals surface area contributed by atoms with Gasteiger partial charge in [0.15, 0.2) is 0 Å². The van der Waals surface area contributed by atoms with Gasteiger partial charge in [0.05, 0.1) is 18.0 Å². The second kappa shape index (κ2) is 5.56. The minimum atomic E-state index is -0.306. The number of aliphatic hydroxyl groups is 1. The Bertz CT molecular complexity index is 355. The largest absolute Gasteiger partial charge is 0.393 e. The maximum Gasteiger partial charge on any atom is 0.141 e. The van der Waals surface area contributed by atoms with Gasteiger partial charge in [-0.25, -0.2) is 4.39 Å². The molecular weight excluding hydrogens is 219 g/mol. The molecule has 0 saturated heterocycles. The molecule has 0 aliphatic heterocycles. The fourth-order valence-electron chi connectivity index (χ4n) is 2.33. The Labute approximate surface area is 101 Å². The molecule has 3 unspecified atom stereocenters. The van der Waals surface area contributed by atoms with Crippen molar-refractivity contribution in [1.29, 1.82) is 0 Å². The third kappa shape index (κ3) is 3.48. The number of hydrogen-bond donors (Lipinski definition) is 2. The van der Waals surface area contributed by atoms with Crippen LogP contribution in [0.4, 0.5) is 4.39 Å². The van der Waals surface area contributed by atoms with Crippen LogP contribution >= 0.6 is 0 Å². The van der Waals surface area contributed by atoms with Crippen molar-refractivity contribution >= 4 is 0 Å². The zero-order valence-electron chi connectivity index (χ0n) is 10.1. The van der Waals surface area contributed by atoms with Gasteiger partial charge in [0.25, 0.3) is 0 Å². The number of nitrogens with one attached hydrogen (secondary N) is 1. The zero-order chi connectivity index (χ0) is 12.3. The van der Waals surface area contributed by atoms with Gasteiger partial charge in [-0.3, -0.25) is 4.98 Å². The van der Waals surface area contributed by atoms with E-state index in [1.807, 2.05) is 6.92 Å². The van der Waals surface area contributed by atoms with Crippen molar-refractivity contribution in [2.24, 2.45) is 5.92 Å². The second-order valence-electron chi connectivity index (χ2n) is 4.86. The summed E-state index contributed by atoms with van der Waals surface area (Å²) in [7, 11) is 0. The Kier molecular flexibility index (Phi) is 4.07. The summed E-state index contributed by atoms with van der Waals surface area (Å²) < 4.78 is 12.7. The van der Waals surface area contributed by atoms with E-state index in [1.165, 1.54) is 12.3 Å². The van der Waals surface area contributed by atoms with Crippen LogP contribution in [0.3, 0.4) is 0 Å². The third-order valence-corrected chi connectivity index (χ3v) is 3.42. The third-order valence-electron chi connectivity index (χ3n) is 3.42. The molecule has 2 rings (SSSR count). The zero-order valence-corrected chi connectivity index (χ0v) is 10.1. The van der Waals surface area contributed by atoms with E-state index in [2.05, 4.69) is 10.3 Å². The van der Waals surface area contributed by atoms with Crippen LogP contribution < -0.4 is 5.32 Å². The van der Waals surface area contributed by atoms with E-state index in [9.17, 15) is 9.50 Å². The molecule has 1 aliphatic rings. The lowest BCUT2D eigenvalue weighted by Gasteiger charge is -2.16. The number of pyridine rings is 1. The highest BCUT2D eigenvalue weighted by atomic mass is 19.1. The molecule has 1 heterocycles. The van der Waals surface area contributed by atoms with Crippen LogP contribution in [-0.2, 0) is 0 Å². The molecule has 3 atom stereocenters. The summed E-state index contributed by atoms with van der Waals surface area (Å²) in [6, 6.07) is 3.25. The first kappa shape index (κ1) is 12.5. The molecule has 1 saturated carbocycles. The first-order valence-electron chi connectivity index (χ1n) is 6.18. The highest BCUT2D eigenvalue weighted by Crippen LogP contribution is 2.25. The Morgan fingerprint density at radius 2 is 2.35 bits per heavy atom. The maximum absolute atomic E-state index is 12.7. The summed E-state index contributed by atoms with van der Waals surface area (Å²) in [4.78, 5) is 4.05. The van der Waals surface area contributed by atoms with E-state index in [0.29, 0.717) is 5.92 Å². The molecule has 1 aromatic rings. The number of aromatic nitrogens is 1. The Morgan fingerprint density at radius 3 is 2.94 bits per heavy atom. The monoisotopic (exact) mass is 238 g/mol. The molecule has 94 valence electrons.